The standard InChI is InChI=1S/C27H26N4S2/c1-3-4-7-20-12-16-22(17-13-20)31-26(21-14-10-19(2)11-15-21)29-30-27(31)32-18-25-28-23-8-5-6-9-24(23)33-25/h5-6,8-17H,3-4,7,18H2,1-2H3. The van der Waals surface area contributed by atoms with Crippen LogP contribution in [0.25, 0.3) is 27.3 Å². The molecule has 4 nitrogen and oxygen atoms in total. The molecule has 0 spiro atoms. The van der Waals surface area contributed by atoms with Crippen molar-refractivity contribution in [1.82, 2.24) is 19.7 Å². The first kappa shape index (κ1) is 21.9. The Bertz CT molecular complexity index is 1320. The van der Waals surface area contributed by atoms with Crippen molar-refractivity contribution in [3.63, 3.8) is 0 Å². The molecular weight excluding hydrogens is 444 g/mol. The molecule has 0 N–H and O–H groups in total. The Morgan fingerprint density at radius 3 is 2.45 bits per heavy atom. The van der Waals surface area contributed by atoms with Crippen molar-refractivity contribution in [3.8, 4) is 17.1 Å². The number of unbranched alkanes of at least 4 members (excludes halogenated alkanes) is 1. The number of aryl methyl sites for hydroxylation is 2. The highest BCUT2D eigenvalue weighted by atomic mass is 32.2. The van der Waals surface area contributed by atoms with Crippen LogP contribution in [0.15, 0.2) is 78.0 Å². The minimum Gasteiger partial charge on any atom is -0.270 e. The summed E-state index contributed by atoms with van der Waals surface area (Å²) in [4.78, 5) is 4.79. The summed E-state index contributed by atoms with van der Waals surface area (Å²) < 4.78 is 3.39. The van der Waals surface area contributed by atoms with Crippen molar-refractivity contribution in [2.75, 3.05) is 0 Å². The maximum Gasteiger partial charge on any atom is 0.196 e. The van der Waals surface area contributed by atoms with E-state index in [0.29, 0.717) is 0 Å². The van der Waals surface area contributed by atoms with Crippen molar-refractivity contribution in [2.45, 2.75) is 44.0 Å². The first-order valence-electron chi connectivity index (χ1n) is 11.3. The number of thiazole rings is 1. The highest BCUT2D eigenvalue weighted by Gasteiger charge is 2.17. The molecule has 0 radical (unpaired) electrons. The Morgan fingerprint density at radius 1 is 0.909 bits per heavy atom. The molecule has 0 amide bonds. The Kier molecular flexibility index (Phi) is 6.55. The lowest BCUT2D eigenvalue weighted by atomic mass is 10.1. The van der Waals surface area contributed by atoms with Gasteiger partial charge in [0, 0.05) is 11.3 Å². The summed E-state index contributed by atoms with van der Waals surface area (Å²) >= 11 is 3.43. The van der Waals surface area contributed by atoms with E-state index in [-0.39, 0.29) is 0 Å². The van der Waals surface area contributed by atoms with Crippen LogP contribution in [0, 0.1) is 6.92 Å². The molecule has 0 unspecified atom stereocenters. The number of para-hydroxylation sites is 1. The zero-order valence-electron chi connectivity index (χ0n) is 18.9. The number of thioether (sulfide) groups is 1. The molecule has 166 valence electrons. The van der Waals surface area contributed by atoms with Crippen LogP contribution in [-0.2, 0) is 12.2 Å². The largest absolute Gasteiger partial charge is 0.270 e. The van der Waals surface area contributed by atoms with E-state index < -0.39 is 0 Å². The highest BCUT2D eigenvalue weighted by molar-refractivity contribution is 7.98. The van der Waals surface area contributed by atoms with E-state index in [1.807, 2.05) is 6.07 Å². The summed E-state index contributed by atoms with van der Waals surface area (Å²) in [5.41, 5.74) is 5.81. The van der Waals surface area contributed by atoms with Crippen LogP contribution in [0.3, 0.4) is 0 Å². The number of fused-ring (bicyclic) bond motifs is 1. The number of hydrogen-bond donors (Lipinski definition) is 0. The van der Waals surface area contributed by atoms with Crippen molar-refractivity contribution < 1.29 is 0 Å². The molecule has 6 heteroatoms. The van der Waals surface area contributed by atoms with E-state index in [9.17, 15) is 0 Å². The summed E-state index contributed by atoms with van der Waals surface area (Å²) in [6, 6.07) is 25.6. The van der Waals surface area contributed by atoms with Crippen molar-refractivity contribution in [1.29, 1.82) is 0 Å². The molecule has 2 heterocycles. The number of benzene rings is 3. The van der Waals surface area contributed by atoms with Crippen LogP contribution in [0.1, 0.15) is 35.9 Å². The molecular formula is C27H26N4S2. The summed E-state index contributed by atoms with van der Waals surface area (Å²) in [6.45, 7) is 4.33. The Labute approximate surface area is 202 Å². The van der Waals surface area contributed by atoms with Gasteiger partial charge in [0.05, 0.1) is 16.0 Å². The fourth-order valence-corrected chi connectivity index (χ4v) is 5.70. The Hall–Kier alpha value is -2.96. The molecule has 0 bridgehead atoms. The van der Waals surface area contributed by atoms with Crippen LogP contribution >= 0.6 is 23.1 Å². The topological polar surface area (TPSA) is 43.6 Å². The molecule has 3 aromatic carbocycles. The maximum atomic E-state index is 4.79. The third-order valence-corrected chi connectivity index (χ3v) is 7.78. The molecule has 2 aromatic heterocycles. The average molecular weight is 471 g/mol. The summed E-state index contributed by atoms with van der Waals surface area (Å²) in [5.74, 6) is 1.63. The lowest BCUT2D eigenvalue weighted by Gasteiger charge is -2.11. The predicted octanol–water partition coefficient (Wildman–Crippen LogP) is 7.49. The van der Waals surface area contributed by atoms with E-state index in [0.717, 1.165) is 44.9 Å². The van der Waals surface area contributed by atoms with Gasteiger partial charge in [0.2, 0.25) is 0 Å². The van der Waals surface area contributed by atoms with Gasteiger partial charge in [0.25, 0.3) is 0 Å². The number of nitrogens with zero attached hydrogens (tertiary/aromatic N) is 4. The van der Waals surface area contributed by atoms with Gasteiger partial charge in [-0.15, -0.1) is 21.5 Å². The van der Waals surface area contributed by atoms with Crippen LogP contribution in [0.5, 0.6) is 0 Å². The first-order chi connectivity index (χ1) is 16.2. The monoisotopic (exact) mass is 470 g/mol. The summed E-state index contributed by atoms with van der Waals surface area (Å²) in [5, 5.41) is 11.2. The molecule has 0 fully saturated rings. The quantitative estimate of drug-likeness (QED) is 0.220. The minimum atomic E-state index is 0.764. The van der Waals surface area contributed by atoms with E-state index in [1.54, 1.807) is 23.1 Å². The number of rotatable bonds is 8. The van der Waals surface area contributed by atoms with Crippen LogP contribution in [0.2, 0.25) is 0 Å². The zero-order valence-corrected chi connectivity index (χ0v) is 20.5. The normalized spacial score (nSPS) is 11.3. The van der Waals surface area contributed by atoms with E-state index in [4.69, 9.17) is 4.98 Å². The average Bonchev–Trinajstić information content (AvgIpc) is 3.46. The van der Waals surface area contributed by atoms with Gasteiger partial charge in [-0.2, -0.15) is 0 Å². The fourth-order valence-electron chi connectivity index (χ4n) is 3.79. The first-order valence-corrected chi connectivity index (χ1v) is 13.1. The second-order valence-corrected chi connectivity index (χ2v) is 10.2. The van der Waals surface area contributed by atoms with Crippen LogP contribution in [0.4, 0.5) is 0 Å². The molecule has 0 saturated heterocycles. The van der Waals surface area contributed by atoms with Crippen molar-refractivity contribution >= 4 is 33.3 Å². The van der Waals surface area contributed by atoms with Crippen molar-refractivity contribution in [2.24, 2.45) is 0 Å². The molecule has 5 aromatic rings. The molecule has 0 atom stereocenters. The van der Waals surface area contributed by atoms with Gasteiger partial charge in [-0.1, -0.05) is 79.2 Å². The lowest BCUT2D eigenvalue weighted by molar-refractivity contribution is 0.794. The van der Waals surface area contributed by atoms with E-state index in [2.05, 4.69) is 95.3 Å². The highest BCUT2D eigenvalue weighted by Crippen LogP contribution is 2.32. The molecule has 5 rings (SSSR count). The number of hydrogen-bond acceptors (Lipinski definition) is 5. The Balaban J connectivity index is 1.48. The van der Waals surface area contributed by atoms with E-state index >= 15 is 0 Å². The third kappa shape index (κ3) is 4.87. The fraction of sp³-hybridized carbons (Fsp3) is 0.222. The molecule has 0 aliphatic heterocycles. The van der Waals surface area contributed by atoms with Crippen molar-refractivity contribution in [3.05, 3.63) is 88.9 Å². The number of aromatic nitrogens is 4. The van der Waals surface area contributed by atoms with Gasteiger partial charge in [0.1, 0.15) is 5.01 Å². The van der Waals surface area contributed by atoms with Gasteiger partial charge >= 0.3 is 0 Å². The van der Waals surface area contributed by atoms with Gasteiger partial charge in [-0.3, -0.25) is 4.57 Å². The lowest BCUT2D eigenvalue weighted by Crippen LogP contribution is -2.00. The molecule has 33 heavy (non-hydrogen) atoms. The minimum absolute atomic E-state index is 0.764. The van der Waals surface area contributed by atoms with Gasteiger partial charge in [0.15, 0.2) is 11.0 Å². The summed E-state index contributed by atoms with van der Waals surface area (Å²) in [7, 11) is 0. The molecule has 0 saturated carbocycles. The second kappa shape index (κ2) is 9.89. The van der Waals surface area contributed by atoms with Crippen LogP contribution in [-0.4, -0.2) is 19.7 Å². The smallest absolute Gasteiger partial charge is 0.196 e. The maximum absolute atomic E-state index is 4.79. The molecule has 0 aliphatic carbocycles. The van der Waals surface area contributed by atoms with Crippen LogP contribution < -0.4 is 0 Å². The predicted molar refractivity (Wildman–Crippen MR) is 139 cm³/mol. The van der Waals surface area contributed by atoms with Gasteiger partial charge < -0.3 is 0 Å². The summed E-state index contributed by atoms with van der Waals surface area (Å²) in [6.07, 6.45) is 3.53. The SMILES string of the molecule is CCCCc1ccc(-n2c(SCc3nc4ccccc4s3)nnc2-c2ccc(C)cc2)cc1. The zero-order chi connectivity index (χ0) is 22.6. The Morgan fingerprint density at radius 2 is 1.70 bits per heavy atom. The van der Waals surface area contributed by atoms with Gasteiger partial charge in [-0.05, 0) is 49.6 Å². The van der Waals surface area contributed by atoms with E-state index in [1.165, 1.54) is 28.7 Å². The molecule has 0 aliphatic rings. The third-order valence-electron chi connectivity index (χ3n) is 5.62. The van der Waals surface area contributed by atoms with Gasteiger partial charge in [-0.25, -0.2) is 4.98 Å². The second-order valence-electron chi connectivity index (χ2n) is 8.14.